The summed E-state index contributed by atoms with van der Waals surface area (Å²) in [5.74, 6) is -1.61. The smallest absolute Gasteiger partial charge is 0.295 e. The molecule has 2 aliphatic rings. The summed E-state index contributed by atoms with van der Waals surface area (Å²) in [6.07, 6.45) is 0. The third kappa shape index (κ3) is 4.68. The Balaban J connectivity index is 1.76. The maximum Gasteiger partial charge on any atom is 0.295 e. The van der Waals surface area contributed by atoms with Gasteiger partial charge in [0, 0.05) is 31.2 Å². The molecule has 2 fully saturated rings. The van der Waals surface area contributed by atoms with Crippen molar-refractivity contribution in [2.75, 3.05) is 46.5 Å². The second kappa shape index (κ2) is 9.82. The van der Waals surface area contributed by atoms with Crippen LogP contribution >= 0.6 is 11.6 Å². The van der Waals surface area contributed by atoms with Crippen LogP contribution in [0.25, 0.3) is 5.76 Å². The van der Waals surface area contributed by atoms with Crippen molar-refractivity contribution in [3.8, 4) is 11.5 Å². The zero-order valence-electron chi connectivity index (χ0n) is 18.2. The van der Waals surface area contributed by atoms with E-state index >= 15 is 0 Å². The van der Waals surface area contributed by atoms with Gasteiger partial charge in [0.05, 0.1) is 37.5 Å². The molecular formula is C24H25ClN2O6. The van der Waals surface area contributed by atoms with Crippen molar-refractivity contribution in [3.05, 3.63) is 64.2 Å². The summed E-state index contributed by atoms with van der Waals surface area (Å²) in [4.78, 5) is 29.8. The number of methoxy groups -OCH3 is 1. The molecule has 8 nitrogen and oxygen atoms in total. The molecule has 4 rings (SSSR count). The van der Waals surface area contributed by atoms with E-state index in [-0.39, 0.29) is 21.9 Å². The highest BCUT2D eigenvalue weighted by Gasteiger charge is 2.46. The number of phenols is 1. The van der Waals surface area contributed by atoms with E-state index in [2.05, 4.69) is 4.90 Å². The molecule has 0 aromatic heterocycles. The number of aliphatic hydroxyl groups is 1. The van der Waals surface area contributed by atoms with Crippen molar-refractivity contribution < 1.29 is 29.3 Å². The first kappa shape index (κ1) is 23.1. The van der Waals surface area contributed by atoms with Gasteiger partial charge in [-0.2, -0.15) is 0 Å². The molecule has 0 spiro atoms. The van der Waals surface area contributed by atoms with Crippen LogP contribution in [-0.4, -0.2) is 78.2 Å². The number of halogens is 1. The Morgan fingerprint density at radius 3 is 2.48 bits per heavy atom. The van der Waals surface area contributed by atoms with E-state index in [4.69, 9.17) is 21.1 Å². The highest BCUT2D eigenvalue weighted by molar-refractivity contribution is 6.46. The molecule has 2 aromatic rings. The number of hydrogen-bond acceptors (Lipinski definition) is 7. The van der Waals surface area contributed by atoms with E-state index < -0.39 is 23.5 Å². The second-order valence-electron chi connectivity index (χ2n) is 7.88. The molecule has 0 radical (unpaired) electrons. The first-order chi connectivity index (χ1) is 15.9. The molecule has 2 saturated heterocycles. The minimum Gasteiger partial charge on any atom is -0.507 e. The molecule has 0 aliphatic carbocycles. The Morgan fingerprint density at radius 2 is 1.82 bits per heavy atom. The molecular weight excluding hydrogens is 448 g/mol. The van der Waals surface area contributed by atoms with Gasteiger partial charge in [-0.05, 0) is 35.9 Å². The molecule has 1 atom stereocenters. The number of carbonyl (C=O) groups excluding carboxylic acids is 2. The molecule has 0 saturated carbocycles. The fourth-order valence-electron chi connectivity index (χ4n) is 4.16. The molecule has 1 amide bonds. The number of likely N-dealkylation sites (tertiary alicyclic amines) is 1. The molecule has 2 aliphatic heterocycles. The first-order valence-corrected chi connectivity index (χ1v) is 11.0. The van der Waals surface area contributed by atoms with Crippen LogP contribution in [-0.2, 0) is 14.3 Å². The molecule has 2 N–H and O–H groups in total. The minimum absolute atomic E-state index is 0.00723. The number of morpholine rings is 1. The third-order valence-corrected chi connectivity index (χ3v) is 6.18. The SMILES string of the molecule is COc1ccc(C2/C(=C(\O)c3cc(Cl)ccc3O)C(=O)C(=O)N2CCN2CCOCC2)cc1. The number of carbonyl (C=O) groups is 2. The van der Waals surface area contributed by atoms with Gasteiger partial charge in [0.15, 0.2) is 0 Å². The highest BCUT2D eigenvalue weighted by atomic mass is 35.5. The zero-order valence-corrected chi connectivity index (χ0v) is 18.9. The number of Topliss-reactive ketones (excluding diaryl/α,β-unsaturated/α-hetero) is 1. The topological polar surface area (TPSA) is 99.5 Å². The van der Waals surface area contributed by atoms with E-state index in [1.165, 1.54) is 23.1 Å². The Labute approximate surface area is 196 Å². The highest BCUT2D eigenvalue weighted by Crippen LogP contribution is 2.41. The van der Waals surface area contributed by atoms with Gasteiger partial charge < -0.3 is 24.6 Å². The summed E-state index contributed by atoms with van der Waals surface area (Å²) in [5.41, 5.74) is 0.539. The van der Waals surface area contributed by atoms with E-state index in [1.807, 2.05) is 0 Å². The lowest BCUT2D eigenvalue weighted by Crippen LogP contribution is -2.42. The number of ether oxygens (including phenoxy) is 2. The van der Waals surface area contributed by atoms with Gasteiger partial charge in [-0.3, -0.25) is 14.5 Å². The molecule has 1 unspecified atom stereocenters. The van der Waals surface area contributed by atoms with Crippen LogP contribution in [0.4, 0.5) is 0 Å². The van der Waals surface area contributed by atoms with Crippen molar-refractivity contribution in [3.63, 3.8) is 0 Å². The summed E-state index contributed by atoms with van der Waals surface area (Å²) in [6.45, 7) is 3.58. The lowest BCUT2D eigenvalue weighted by molar-refractivity contribution is -0.140. The van der Waals surface area contributed by atoms with Crippen molar-refractivity contribution in [1.82, 2.24) is 9.80 Å². The van der Waals surface area contributed by atoms with Gasteiger partial charge in [-0.15, -0.1) is 0 Å². The molecule has 0 bridgehead atoms. The number of benzene rings is 2. The summed E-state index contributed by atoms with van der Waals surface area (Å²) >= 11 is 6.05. The number of aliphatic hydroxyl groups excluding tert-OH is 1. The first-order valence-electron chi connectivity index (χ1n) is 10.6. The van der Waals surface area contributed by atoms with E-state index in [1.54, 1.807) is 31.4 Å². The van der Waals surface area contributed by atoms with Gasteiger partial charge >= 0.3 is 0 Å². The van der Waals surface area contributed by atoms with Crippen LogP contribution in [0.5, 0.6) is 11.5 Å². The summed E-state index contributed by atoms with van der Waals surface area (Å²) in [5, 5.41) is 21.7. The average Bonchev–Trinajstić information content (AvgIpc) is 3.09. The van der Waals surface area contributed by atoms with Crippen LogP contribution in [0.15, 0.2) is 48.0 Å². The fraction of sp³-hybridized carbons (Fsp3) is 0.333. The second-order valence-corrected chi connectivity index (χ2v) is 8.32. The van der Waals surface area contributed by atoms with Gasteiger partial charge in [-0.25, -0.2) is 0 Å². The number of amides is 1. The van der Waals surface area contributed by atoms with Crippen molar-refractivity contribution in [1.29, 1.82) is 0 Å². The minimum atomic E-state index is -0.824. The number of rotatable bonds is 6. The Bertz CT molecular complexity index is 1080. The molecule has 2 aromatic carbocycles. The van der Waals surface area contributed by atoms with E-state index in [0.717, 1.165) is 13.1 Å². The van der Waals surface area contributed by atoms with E-state index in [9.17, 15) is 19.8 Å². The number of phenolic OH excluding ortho intramolecular Hbond substituents is 1. The van der Waals surface area contributed by atoms with Crippen LogP contribution < -0.4 is 4.74 Å². The molecule has 174 valence electrons. The van der Waals surface area contributed by atoms with Gasteiger partial charge in [0.2, 0.25) is 0 Å². The Morgan fingerprint density at radius 1 is 1.12 bits per heavy atom. The Kier molecular flexibility index (Phi) is 6.88. The monoisotopic (exact) mass is 472 g/mol. The normalized spacial score (nSPS) is 20.9. The predicted octanol–water partition coefficient (Wildman–Crippen LogP) is 2.81. The van der Waals surface area contributed by atoms with E-state index in [0.29, 0.717) is 37.6 Å². The van der Waals surface area contributed by atoms with Crippen molar-refractivity contribution in [2.24, 2.45) is 0 Å². The number of nitrogens with zero attached hydrogens (tertiary/aromatic N) is 2. The number of aromatic hydroxyl groups is 1. The molecule has 2 heterocycles. The molecule has 9 heteroatoms. The zero-order chi connectivity index (χ0) is 23.5. The van der Waals surface area contributed by atoms with Crippen molar-refractivity contribution in [2.45, 2.75) is 6.04 Å². The standard InChI is InChI=1S/C24H25ClN2O6/c1-32-17-5-2-15(3-6-17)21-20(22(29)18-14-16(25)4-7-19(18)28)23(30)24(31)27(21)9-8-26-10-12-33-13-11-26/h2-7,14,21,28-29H,8-13H2,1H3/b22-20+. The molecule has 33 heavy (non-hydrogen) atoms. The summed E-state index contributed by atoms with van der Waals surface area (Å²) < 4.78 is 10.6. The van der Waals surface area contributed by atoms with Gasteiger partial charge in [0.1, 0.15) is 17.3 Å². The summed E-state index contributed by atoms with van der Waals surface area (Å²) in [6, 6.07) is 10.3. The quantitative estimate of drug-likeness (QED) is 0.379. The van der Waals surface area contributed by atoms with Crippen LogP contribution in [0.2, 0.25) is 5.02 Å². The number of ketones is 1. The maximum atomic E-state index is 13.1. The Hall–Kier alpha value is -3.07. The van der Waals surface area contributed by atoms with Crippen LogP contribution in [0.1, 0.15) is 17.2 Å². The van der Waals surface area contributed by atoms with Gasteiger partial charge in [0.25, 0.3) is 11.7 Å². The largest absolute Gasteiger partial charge is 0.507 e. The predicted molar refractivity (Wildman–Crippen MR) is 122 cm³/mol. The van der Waals surface area contributed by atoms with Crippen LogP contribution in [0, 0.1) is 0 Å². The lowest BCUT2D eigenvalue weighted by atomic mass is 9.95. The summed E-state index contributed by atoms with van der Waals surface area (Å²) in [7, 11) is 1.55. The maximum absolute atomic E-state index is 13.1. The van der Waals surface area contributed by atoms with Gasteiger partial charge in [-0.1, -0.05) is 23.7 Å². The lowest BCUT2D eigenvalue weighted by Gasteiger charge is -2.31. The average molecular weight is 473 g/mol. The third-order valence-electron chi connectivity index (χ3n) is 5.95. The van der Waals surface area contributed by atoms with Crippen LogP contribution in [0.3, 0.4) is 0 Å². The number of hydrogen-bond donors (Lipinski definition) is 2. The van der Waals surface area contributed by atoms with Crippen molar-refractivity contribution >= 4 is 29.1 Å². The fourth-order valence-corrected chi connectivity index (χ4v) is 4.33.